The lowest BCUT2D eigenvalue weighted by atomic mass is 10.1. The van der Waals surface area contributed by atoms with Gasteiger partial charge in [0, 0.05) is 41.4 Å². The minimum Gasteiger partial charge on any atom is -0.378 e. The number of nitrogens with zero attached hydrogens (tertiary/aromatic N) is 2. The SMILES string of the molecule is CN(C)c1ccc(-c2cc(-c3ccc(Br)cc3)on2)cc1. The number of benzene rings is 2. The zero-order valence-corrected chi connectivity index (χ0v) is 13.5. The van der Waals surface area contributed by atoms with E-state index in [0.29, 0.717) is 0 Å². The van der Waals surface area contributed by atoms with Crippen LogP contribution >= 0.6 is 15.9 Å². The van der Waals surface area contributed by atoms with E-state index in [1.165, 1.54) is 0 Å². The molecule has 1 heterocycles. The van der Waals surface area contributed by atoms with E-state index >= 15 is 0 Å². The van der Waals surface area contributed by atoms with Crippen molar-refractivity contribution in [1.29, 1.82) is 0 Å². The first-order valence-corrected chi connectivity index (χ1v) is 7.43. The molecule has 0 spiro atoms. The Labute approximate surface area is 132 Å². The quantitative estimate of drug-likeness (QED) is 0.682. The highest BCUT2D eigenvalue weighted by Gasteiger charge is 2.08. The van der Waals surface area contributed by atoms with Crippen molar-refractivity contribution in [2.75, 3.05) is 19.0 Å². The van der Waals surface area contributed by atoms with Gasteiger partial charge in [-0.2, -0.15) is 0 Å². The van der Waals surface area contributed by atoms with Crippen molar-refractivity contribution in [3.05, 3.63) is 59.1 Å². The number of halogens is 1. The second-order valence-electron chi connectivity index (χ2n) is 5.02. The van der Waals surface area contributed by atoms with Gasteiger partial charge >= 0.3 is 0 Å². The van der Waals surface area contributed by atoms with Crippen LogP contribution in [0.25, 0.3) is 22.6 Å². The van der Waals surface area contributed by atoms with Gasteiger partial charge in [0.05, 0.1) is 0 Å². The van der Waals surface area contributed by atoms with Gasteiger partial charge in [0.1, 0.15) is 5.69 Å². The normalized spacial score (nSPS) is 10.6. The smallest absolute Gasteiger partial charge is 0.167 e. The van der Waals surface area contributed by atoms with Crippen LogP contribution in [0.3, 0.4) is 0 Å². The lowest BCUT2D eigenvalue weighted by Gasteiger charge is -2.11. The van der Waals surface area contributed by atoms with E-state index in [1.807, 2.05) is 44.4 Å². The lowest BCUT2D eigenvalue weighted by Crippen LogP contribution is -2.07. The largest absolute Gasteiger partial charge is 0.378 e. The highest BCUT2D eigenvalue weighted by Crippen LogP contribution is 2.27. The summed E-state index contributed by atoms with van der Waals surface area (Å²) >= 11 is 3.43. The average molecular weight is 343 g/mol. The van der Waals surface area contributed by atoms with Gasteiger partial charge in [-0.3, -0.25) is 0 Å². The van der Waals surface area contributed by atoms with Crippen molar-refractivity contribution in [3.8, 4) is 22.6 Å². The number of aromatic nitrogens is 1. The van der Waals surface area contributed by atoms with Crippen molar-refractivity contribution < 1.29 is 4.52 Å². The third-order valence-corrected chi connectivity index (χ3v) is 3.85. The summed E-state index contributed by atoms with van der Waals surface area (Å²) in [6.07, 6.45) is 0. The van der Waals surface area contributed by atoms with Crippen molar-refractivity contribution in [3.63, 3.8) is 0 Å². The van der Waals surface area contributed by atoms with Crippen molar-refractivity contribution >= 4 is 21.6 Å². The van der Waals surface area contributed by atoms with Gasteiger partial charge in [-0.25, -0.2) is 0 Å². The van der Waals surface area contributed by atoms with E-state index < -0.39 is 0 Å². The maximum Gasteiger partial charge on any atom is 0.167 e. The topological polar surface area (TPSA) is 29.3 Å². The number of rotatable bonds is 3. The Balaban J connectivity index is 1.89. The summed E-state index contributed by atoms with van der Waals surface area (Å²) in [4.78, 5) is 2.07. The van der Waals surface area contributed by atoms with Crippen LogP contribution < -0.4 is 4.90 Å². The molecule has 4 heteroatoms. The first-order chi connectivity index (χ1) is 10.1. The van der Waals surface area contributed by atoms with E-state index in [4.69, 9.17) is 4.52 Å². The third-order valence-electron chi connectivity index (χ3n) is 3.32. The molecule has 0 aliphatic heterocycles. The minimum atomic E-state index is 0.772. The molecule has 1 aromatic heterocycles. The van der Waals surface area contributed by atoms with Gasteiger partial charge in [0.15, 0.2) is 5.76 Å². The molecule has 0 amide bonds. The molecule has 0 fully saturated rings. The van der Waals surface area contributed by atoms with Crippen LogP contribution in [0.4, 0.5) is 5.69 Å². The minimum absolute atomic E-state index is 0.772. The van der Waals surface area contributed by atoms with Gasteiger partial charge in [-0.05, 0) is 24.3 Å². The van der Waals surface area contributed by atoms with Crippen molar-refractivity contribution in [1.82, 2.24) is 5.16 Å². The fourth-order valence-electron chi connectivity index (χ4n) is 2.09. The zero-order chi connectivity index (χ0) is 14.8. The molecular formula is C17H15BrN2O. The predicted octanol–water partition coefficient (Wildman–Crippen LogP) is 4.84. The summed E-state index contributed by atoms with van der Waals surface area (Å²) in [5.41, 5.74) is 4.07. The Kier molecular flexibility index (Phi) is 3.80. The Morgan fingerprint density at radius 2 is 1.52 bits per heavy atom. The Bertz CT molecular complexity index is 730. The van der Waals surface area contributed by atoms with Crippen LogP contribution in [0.5, 0.6) is 0 Å². The second-order valence-corrected chi connectivity index (χ2v) is 5.94. The first kappa shape index (κ1) is 13.9. The molecule has 0 saturated heterocycles. The molecule has 0 radical (unpaired) electrons. The van der Waals surface area contributed by atoms with Crippen LogP contribution in [0.1, 0.15) is 0 Å². The fraction of sp³-hybridized carbons (Fsp3) is 0.118. The number of hydrogen-bond donors (Lipinski definition) is 0. The fourth-order valence-corrected chi connectivity index (χ4v) is 2.36. The Hall–Kier alpha value is -2.07. The summed E-state index contributed by atoms with van der Waals surface area (Å²) in [7, 11) is 4.05. The van der Waals surface area contributed by atoms with Gasteiger partial charge < -0.3 is 9.42 Å². The first-order valence-electron chi connectivity index (χ1n) is 6.64. The zero-order valence-electron chi connectivity index (χ0n) is 11.9. The third kappa shape index (κ3) is 3.00. The van der Waals surface area contributed by atoms with Crippen molar-refractivity contribution in [2.45, 2.75) is 0 Å². The molecule has 0 unspecified atom stereocenters. The van der Waals surface area contributed by atoms with E-state index in [2.05, 4.69) is 50.3 Å². The van der Waals surface area contributed by atoms with E-state index in [1.54, 1.807) is 0 Å². The monoisotopic (exact) mass is 342 g/mol. The molecule has 0 aliphatic carbocycles. The Morgan fingerprint density at radius 3 is 2.14 bits per heavy atom. The van der Waals surface area contributed by atoms with Crippen LogP contribution in [-0.2, 0) is 0 Å². The summed E-state index contributed by atoms with van der Waals surface area (Å²) < 4.78 is 6.49. The molecule has 3 rings (SSSR count). The van der Waals surface area contributed by atoms with Crippen molar-refractivity contribution in [2.24, 2.45) is 0 Å². The number of anilines is 1. The van der Waals surface area contributed by atoms with Crippen LogP contribution in [0.15, 0.2) is 63.6 Å². The van der Waals surface area contributed by atoms with E-state index in [0.717, 1.165) is 32.7 Å². The highest BCUT2D eigenvalue weighted by molar-refractivity contribution is 9.10. The summed E-state index contributed by atoms with van der Waals surface area (Å²) in [6, 6.07) is 18.2. The van der Waals surface area contributed by atoms with E-state index in [-0.39, 0.29) is 0 Å². The van der Waals surface area contributed by atoms with E-state index in [9.17, 15) is 0 Å². The maximum absolute atomic E-state index is 5.45. The van der Waals surface area contributed by atoms with Gasteiger partial charge in [0.2, 0.25) is 0 Å². The van der Waals surface area contributed by atoms with Gasteiger partial charge in [-0.1, -0.05) is 45.4 Å². The lowest BCUT2D eigenvalue weighted by molar-refractivity contribution is 0.435. The molecule has 0 saturated carbocycles. The molecule has 21 heavy (non-hydrogen) atoms. The summed E-state index contributed by atoms with van der Waals surface area (Å²) in [5.74, 6) is 0.772. The van der Waals surface area contributed by atoms with Gasteiger partial charge in [0.25, 0.3) is 0 Å². The predicted molar refractivity (Wildman–Crippen MR) is 89.4 cm³/mol. The summed E-state index contributed by atoms with van der Waals surface area (Å²) in [6.45, 7) is 0. The molecule has 0 N–H and O–H groups in total. The molecule has 0 atom stereocenters. The molecule has 106 valence electrons. The van der Waals surface area contributed by atoms with Crippen LogP contribution in [0, 0.1) is 0 Å². The summed E-state index contributed by atoms with van der Waals surface area (Å²) in [5, 5.41) is 4.16. The van der Waals surface area contributed by atoms with Crippen LogP contribution in [0.2, 0.25) is 0 Å². The van der Waals surface area contributed by atoms with Gasteiger partial charge in [-0.15, -0.1) is 0 Å². The molecule has 0 bridgehead atoms. The molecule has 3 aromatic rings. The number of hydrogen-bond acceptors (Lipinski definition) is 3. The molecule has 0 aliphatic rings. The average Bonchev–Trinajstić information content (AvgIpc) is 2.98. The second kappa shape index (κ2) is 5.74. The molecular weight excluding hydrogens is 328 g/mol. The highest BCUT2D eigenvalue weighted by atomic mass is 79.9. The standard InChI is InChI=1S/C17H15BrN2O/c1-20(2)15-9-5-12(6-10-15)16-11-17(21-19-16)13-3-7-14(18)8-4-13/h3-11H,1-2H3. The molecule has 2 aromatic carbocycles. The molecule has 3 nitrogen and oxygen atoms in total. The maximum atomic E-state index is 5.45. The van der Waals surface area contributed by atoms with Crippen LogP contribution in [-0.4, -0.2) is 19.3 Å². The Morgan fingerprint density at radius 1 is 0.905 bits per heavy atom.